The Kier molecular flexibility index (Phi) is 5.21. The molecule has 0 spiro atoms. The van der Waals surface area contributed by atoms with Crippen molar-refractivity contribution in [2.75, 3.05) is 6.54 Å². The second-order valence-electron chi connectivity index (χ2n) is 7.91. The van der Waals surface area contributed by atoms with Crippen LogP contribution in [0.3, 0.4) is 0 Å². The van der Waals surface area contributed by atoms with Crippen molar-refractivity contribution in [3.05, 3.63) is 90.2 Å². The Balaban J connectivity index is 1.59. The number of hydrogen-bond acceptors (Lipinski definition) is 6. The topological polar surface area (TPSA) is 106 Å². The second-order valence-corrected chi connectivity index (χ2v) is 7.91. The number of aliphatic hydroxyl groups excluding tert-OH is 1. The van der Waals surface area contributed by atoms with Crippen LogP contribution in [0.2, 0.25) is 0 Å². The molecule has 33 heavy (non-hydrogen) atoms. The Labute approximate surface area is 189 Å². The first kappa shape index (κ1) is 20.6. The predicted octanol–water partition coefficient (Wildman–Crippen LogP) is 2.75. The zero-order valence-corrected chi connectivity index (χ0v) is 18.0. The van der Waals surface area contributed by atoms with E-state index in [1.807, 2.05) is 29.0 Å². The van der Waals surface area contributed by atoms with Gasteiger partial charge in [-0.25, -0.2) is 9.97 Å². The van der Waals surface area contributed by atoms with Crippen molar-refractivity contribution in [1.82, 2.24) is 28.8 Å². The highest BCUT2D eigenvalue weighted by Crippen LogP contribution is 2.39. The van der Waals surface area contributed by atoms with Crippen LogP contribution in [0.5, 0.6) is 0 Å². The highest BCUT2D eigenvalue weighted by molar-refractivity contribution is 6.46. The summed E-state index contributed by atoms with van der Waals surface area (Å²) in [4.78, 5) is 40.5. The zero-order chi connectivity index (χ0) is 22.9. The van der Waals surface area contributed by atoms with E-state index in [0.29, 0.717) is 42.1 Å². The number of likely N-dealkylation sites (tertiary alicyclic amines) is 1. The number of imidazole rings is 2. The molecular formula is C24H22N6O3. The molecule has 0 aliphatic carbocycles. The van der Waals surface area contributed by atoms with Gasteiger partial charge in [-0.15, -0.1) is 0 Å². The summed E-state index contributed by atoms with van der Waals surface area (Å²) in [6.45, 7) is 2.75. The molecule has 0 aromatic carbocycles. The van der Waals surface area contributed by atoms with Gasteiger partial charge in [0, 0.05) is 44.1 Å². The van der Waals surface area contributed by atoms with Crippen LogP contribution in [0.4, 0.5) is 0 Å². The van der Waals surface area contributed by atoms with E-state index in [9.17, 15) is 14.7 Å². The van der Waals surface area contributed by atoms with Gasteiger partial charge < -0.3 is 14.6 Å². The van der Waals surface area contributed by atoms with E-state index in [2.05, 4.69) is 15.0 Å². The fourth-order valence-electron chi connectivity index (χ4n) is 4.36. The van der Waals surface area contributed by atoms with Gasteiger partial charge in [0.15, 0.2) is 5.76 Å². The Morgan fingerprint density at radius 2 is 1.94 bits per heavy atom. The van der Waals surface area contributed by atoms with Crippen molar-refractivity contribution in [3.63, 3.8) is 0 Å². The lowest BCUT2D eigenvalue weighted by Crippen LogP contribution is -2.31. The standard InChI is InChI=1S/C24H22N6O3/c1-16-20(29-11-3-2-7-18(29)27-16)22(31)19-21(17-6-4-8-25-14-17)30(24(33)23(19)32)12-5-10-28-13-9-26-15-28/h2-4,6-9,11,13-15,21,31H,5,10,12H2,1H3/b22-19+/t21-/m0/s1. The molecule has 4 aromatic heterocycles. The highest BCUT2D eigenvalue weighted by atomic mass is 16.3. The first-order valence-electron chi connectivity index (χ1n) is 10.6. The predicted molar refractivity (Wildman–Crippen MR) is 120 cm³/mol. The quantitative estimate of drug-likeness (QED) is 0.280. The molecule has 1 aliphatic rings. The summed E-state index contributed by atoms with van der Waals surface area (Å²) in [5.41, 5.74) is 2.31. The van der Waals surface area contributed by atoms with Crippen LogP contribution in [0.25, 0.3) is 11.4 Å². The molecule has 0 saturated carbocycles. The number of Topliss-reactive ketones (excluding diaryl/α,β-unsaturated/α-hetero) is 1. The summed E-state index contributed by atoms with van der Waals surface area (Å²) in [5, 5.41) is 11.4. The smallest absolute Gasteiger partial charge is 0.295 e. The molecule has 1 atom stereocenters. The number of carbonyl (C=O) groups excluding carboxylic acids is 2. The molecule has 1 saturated heterocycles. The monoisotopic (exact) mass is 442 g/mol. The van der Waals surface area contributed by atoms with Crippen LogP contribution in [0.1, 0.15) is 29.4 Å². The van der Waals surface area contributed by atoms with Crippen molar-refractivity contribution in [2.24, 2.45) is 0 Å². The number of pyridine rings is 2. The van der Waals surface area contributed by atoms with E-state index in [1.54, 1.807) is 54.6 Å². The fraction of sp³-hybridized carbons (Fsp3) is 0.208. The maximum Gasteiger partial charge on any atom is 0.295 e. The van der Waals surface area contributed by atoms with Gasteiger partial charge in [-0.05, 0) is 37.1 Å². The number of fused-ring (bicyclic) bond motifs is 1. The minimum absolute atomic E-state index is 0.0457. The summed E-state index contributed by atoms with van der Waals surface area (Å²) in [6.07, 6.45) is 10.9. The van der Waals surface area contributed by atoms with Crippen LogP contribution < -0.4 is 0 Å². The van der Waals surface area contributed by atoms with Crippen molar-refractivity contribution in [1.29, 1.82) is 0 Å². The minimum Gasteiger partial charge on any atom is -0.505 e. The molecule has 1 fully saturated rings. The largest absolute Gasteiger partial charge is 0.505 e. The molecule has 1 amide bonds. The molecule has 5 rings (SSSR count). The molecule has 5 heterocycles. The van der Waals surface area contributed by atoms with Crippen molar-refractivity contribution in [3.8, 4) is 0 Å². The van der Waals surface area contributed by atoms with E-state index >= 15 is 0 Å². The number of carbonyl (C=O) groups is 2. The normalized spacial score (nSPS) is 17.8. The Morgan fingerprint density at radius 3 is 2.70 bits per heavy atom. The van der Waals surface area contributed by atoms with Gasteiger partial charge in [0.25, 0.3) is 11.7 Å². The molecule has 1 N–H and O–H groups in total. The molecule has 9 heteroatoms. The summed E-state index contributed by atoms with van der Waals surface area (Å²) in [5.74, 6) is -1.59. The van der Waals surface area contributed by atoms with Crippen molar-refractivity contribution in [2.45, 2.75) is 25.9 Å². The Morgan fingerprint density at radius 1 is 1.06 bits per heavy atom. The van der Waals surface area contributed by atoms with Gasteiger partial charge in [0.1, 0.15) is 11.3 Å². The Bertz CT molecular complexity index is 1360. The number of rotatable bonds is 6. The molecular weight excluding hydrogens is 420 g/mol. The van der Waals surface area contributed by atoms with Gasteiger partial charge in [-0.1, -0.05) is 12.1 Å². The summed E-state index contributed by atoms with van der Waals surface area (Å²) >= 11 is 0. The fourth-order valence-corrected chi connectivity index (χ4v) is 4.36. The van der Waals surface area contributed by atoms with Crippen LogP contribution in [0, 0.1) is 6.92 Å². The average molecular weight is 442 g/mol. The average Bonchev–Trinajstić information content (AvgIpc) is 3.52. The lowest BCUT2D eigenvalue weighted by molar-refractivity contribution is -0.139. The van der Waals surface area contributed by atoms with E-state index in [-0.39, 0.29) is 11.3 Å². The molecule has 166 valence electrons. The van der Waals surface area contributed by atoms with E-state index in [0.717, 1.165) is 0 Å². The molecule has 0 unspecified atom stereocenters. The summed E-state index contributed by atoms with van der Waals surface area (Å²) < 4.78 is 3.63. The third kappa shape index (κ3) is 3.57. The number of aryl methyl sites for hydroxylation is 2. The lowest BCUT2D eigenvalue weighted by atomic mass is 9.97. The first-order valence-corrected chi connectivity index (χ1v) is 10.6. The molecule has 0 bridgehead atoms. The van der Waals surface area contributed by atoms with Crippen LogP contribution in [-0.4, -0.2) is 52.2 Å². The summed E-state index contributed by atoms with van der Waals surface area (Å²) in [6, 6.07) is 8.30. The third-order valence-corrected chi connectivity index (χ3v) is 5.84. The number of amides is 1. The number of hydrogen-bond donors (Lipinski definition) is 1. The minimum atomic E-state index is -0.741. The van der Waals surface area contributed by atoms with E-state index < -0.39 is 17.7 Å². The van der Waals surface area contributed by atoms with E-state index in [1.165, 1.54) is 4.90 Å². The number of aromatic nitrogens is 5. The highest BCUT2D eigenvalue weighted by Gasteiger charge is 2.46. The summed E-state index contributed by atoms with van der Waals surface area (Å²) in [7, 11) is 0. The molecule has 4 aromatic rings. The number of ketones is 1. The van der Waals surface area contributed by atoms with Gasteiger partial charge in [-0.3, -0.25) is 19.0 Å². The lowest BCUT2D eigenvalue weighted by Gasteiger charge is -2.25. The maximum atomic E-state index is 13.2. The van der Waals surface area contributed by atoms with Crippen LogP contribution in [-0.2, 0) is 16.1 Å². The zero-order valence-electron chi connectivity index (χ0n) is 18.0. The van der Waals surface area contributed by atoms with Gasteiger partial charge in [0.05, 0.1) is 23.6 Å². The molecule has 1 aliphatic heterocycles. The van der Waals surface area contributed by atoms with Gasteiger partial charge in [-0.2, -0.15) is 0 Å². The first-order chi connectivity index (χ1) is 16.1. The van der Waals surface area contributed by atoms with Crippen LogP contribution in [0.15, 0.2) is 73.2 Å². The van der Waals surface area contributed by atoms with E-state index in [4.69, 9.17) is 0 Å². The second kappa shape index (κ2) is 8.34. The molecule has 9 nitrogen and oxygen atoms in total. The third-order valence-electron chi connectivity index (χ3n) is 5.84. The number of aliphatic hydroxyl groups is 1. The van der Waals surface area contributed by atoms with Gasteiger partial charge >= 0.3 is 0 Å². The Hall–Kier alpha value is -4.27. The number of nitrogens with zero attached hydrogens (tertiary/aromatic N) is 6. The van der Waals surface area contributed by atoms with Crippen molar-refractivity contribution >= 4 is 23.1 Å². The maximum absolute atomic E-state index is 13.2. The van der Waals surface area contributed by atoms with Gasteiger partial charge in [0.2, 0.25) is 0 Å². The molecule has 0 radical (unpaired) electrons. The SMILES string of the molecule is Cc1nc2ccccn2c1/C(O)=C1\C(=O)C(=O)N(CCCn2ccnc2)[C@H]1c1cccnc1. The van der Waals surface area contributed by atoms with Crippen molar-refractivity contribution < 1.29 is 14.7 Å². The van der Waals surface area contributed by atoms with Crippen LogP contribution >= 0.6 is 0 Å².